The average Bonchev–Trinajstić information content (AvgIpc) is 2.79. The fourth-order valence-corrected chi connectivity index (χ4v) is 1.87. The van der Waals surface area contributed by atoms with E-state index in [1.165, 1.54) is 18.7 Å². The highest BCUT2D eigenvalue weighted by Crippen LogP contribution is 1.95. The second-order valence-corrected chi connectivity index (χ2v) is 3.99. The van der Waals surface area contributed by atoms with Crippen molar-refractivity contribution in [3.05, 3.63) is 24.0 Å². The molecule has 0 unspecified atom stereocenters. The maximum Gasteiger partial charge on any atom is 0.0220 e. The molecule has 0 aromatic carbocycles. The monoisotopic (exact) mass is 208 g/mol. The minimum Gasteiger partial charge on any atom is -0.367 e. The van der Waals surface area contributed by atoms with Crippen molar-refractivity contribution in [2.24, 2.45) is 0 Å². The van der Waals surface area contributed by atoms with Gasteiger partial charge in [0, 0.05) is 58.2 Å². The standard InChI is InChI=1S/C11H20N4/c1-2-13-9-11(1)10-14-5-8-15-6-3-12-4-7-15/h1-2,9,12-14H,3-8,10H2. The molecule has 0 atom stereocenters. The van der Waals surface area contributed by atoms with Crippen LogP contribution in [0.4, 0.5) is 0 Å². The Morgan fingerprint density at radius 3 is 2.93 bits per heavy atom. The van der Waals surface area contributed by atoms with Crippen LogP contribution in [0, 0.1) is 0 Å². The second-order valence-electron chi connectivity index (χ2n) is 3.99. The molecule has 2 heterocycles. The second kappa shape index (κ2) is 5.90. The van der Waals surface area contributed by atoms with Crippen LogP contribution in [0.25, 0.3) is 0 Å². The molecule has 0 radical (unpaired) electrons. The van der Waals surface area contributed by atoms with E-state index in [9.17, 15) is 0 Å². The number of H-pyrrole nitrogens is 1. The van der Waals surface area contributed by atoms with Crippen molar-refractivity contribution >= 4 is 0 Å². The number of piperazine rings is 1. The Morgan fingerprint density at radius 1 is 1.33 bits per heavy atom. The maximum absolute atomic E-state index is 3.45. The summed E-state index contributed by atoms with van der Waals surface area (Å²) in [5.41, 5.74) is 1.33. The molecule has 1 aliphatic heterocycles. The van der Waals surface area contributed by atoms with E-state index in [1.54, 1.807) is 0 Å². The summed E-state index contributed by atoms with van der Waals surface area (Å²) in [5, 5.41) is 6.81. The number of aromatic nitrogens is 1. The highest BCUT2D eigenvalue weighted by molar-refractivity contribution is 5.07. The molecule has 0 amide bonds. The van der Waals surface area contributed by atoms with Crippen molar-refractivity contribution in [2.75, 3.05) is 39.3 Å². The van der Waals surface area contributed by atoms with Gasteiger partial charge in [0.05, 0.1) is 0 Å². The van der Waals surface area contributed by atoms with Crippen molar-refractivity contribution in [3.63, 3.8) is 0 Å². The van der Waals surface area contributed by atoms with Gasteiger partial charge in [0.15, 0.2) is 0 Å². The average molecular weight is 208 g/mol. The topological polar surface area (TPSA) is 43.1 Å². The summed E-state index contributed by atoms with van der Waals surface area (Å²) < 4.78 is 0. The van der Waals surface area contributed by atoms with Gasteiger partial charge in [0.1, 0.15) is 0 Å². The van der Waals surface area contributed by atoms with Gasteiger partial charge in [0.2, 0.25) is 0 Å². The predicted molar refractivity (Wildman–Crippen MR) is 61.8 cm³/mol. The Balaban J connectivity index is 1.54. The summed E-state index contributed by atoms with van der Waals surface area (Å²) in [7, 11) is 0. The molecule has 15 heavy (non-hydrogen) atoms. The summed E-state index contributed by atoms with van der Waals surface area (Å²) in [4.78, 5) is 5.56. The van der Waals surface area contributed by atoms with Gasteiger partial charge in [-0.05, 0) is 11.6 Å². The minimum absolute atomic E-state index is 0.968. The maximum atomic E-state index is 3.45. The van der Waals surface area contributed by atoms with Gasteiger partial charge in [-0.15, -0.1) is 0 Å². The molecule has 84 valence electrons. The first-order valence-corrected chi connectivity index (χ1v) is 5.70. The molecular formula is C11H20N4. The van der Waals surface area contributed by atoms with Gasteiger partial charge >= 0.3 is 0 Å². The number of aromatic amines is 1. The molecule has 1 aliphatic rings. The van der Waals surface area contributed by atoms with Crippen LogP contribution in [0.3, 0.4) is 0 Å². The highest BCUT2D eigenvalue weighted by Gasteiger charge is 2.07. The third kappa shape index (κ3) is 3.66. The predicted octanol–water partition coefficient (Wildman–Crippen LogP) is 0.00950. The van der Waals surface area contributed by atoms with E-state index in [0.717, 1.165) is 32.7 Å². The number of hydrogen-bond acceptors (Lipinski definition) is 3. The molecule has 0 aliphatic carbocycles. The first kappa shape index (κ1) is 10.7. The Labute approximate surface area is 91.0 Å². The Morgan fingerprint density at radius 2 is 2.20 bits per heavy atom. The van der Waals surface area contributed by atoms with Crippen LogP contribution >= 0.6 is 0 Å². The van der Waals surface area contributed by atoms with Gasteiger partial charge in [-0.1, -0.05) is 0 Å². The van der Waals surface area contributed by atoms with Crippen LogP contribution in [-0.2, 0) is 6.54 Å². The molecule has 0 bridgehead atoms. The largest absolute Gasteiger partial charge is 0.367 e. The summed E-state index contributed by atoms with van der Waals surface area (Å²) >= 11 is 0. The molecule has 4 heteroatoms. The van der Waals surface area contributed by atoms with Gasteiger partial charge in [0.25, 0.3) is 0 Å². The van der Waals surface area contributed by atoms with Gasteiger partial charge < -0.3 is 15.6 Å². The number of hydrogen-bond donors (Lipinski definition) is 3. The molecule has 0 spiro atoms. The SMILES string of the molecule is c1cc(CNCCN2CCNCC2)c[nH]1. The van der Waals surface area contributed by atoms with Crippen LogP contribution in [0.1, 0.15) is 5.56 Å². The Bertz CT molecular complexity index is 252. The first-order chi connectivity index (χ1) is 7.45. The third-order valence-electron chi connectivity index (χ3n) is 2.81. The molecule has 4 nitrogen and oxygen atoms in total. The lowest BCUT2D eigenvalue weighted by atomic mass is 10.3. The number of nitrogens with one attached hydrogen (secondary N) is 3. The molecule has 1 aromatic heterocycles. The smallest absolute Gasteiger partial charge is 0.0220 e. The lowest BCUT2D eigenvalue weighted by Crippen LogP contribution is -2.45. The van der Waals surface area contributed by atoms with Crippen LogP contribution in [-0.4, -0.2) is 49.2 Å². The Hall–Kier alpha value is -0.840. The van der Waals surface area contributed by atoms with Crippen molar-refractivity contribution in [2.45, 2.75) is 6.54 Å². The molecule has 1 saturated heterocycles. The quantitative estimate of drug-likeness (QED) is 0.597. The van der Waals surface area contributed by atoms with E-state index in [-0.39, 0.29) is 0 Å². The van der Waals surface area contributed by atoms with Crippen molar-refractivity contribution in [1.82, 2.24) is 20.5 Å². The molecule has 0 saturated carbocycles. The van der Waals surface area contributed by atoms with Crippen molar-refractivity contribution in [3.8, 4) is 0 Å². The molecule has 1 aromatic rings. The minimum atomic E-state index is 0.968. The zero-order valence-corrected chi connectivity index (χ0v) is 9.13. The normalized spacial score (nSPS) is 18.1. The van der Waals surface area contributed by atoms with Gasteiger partial charge in [-0.25, -0.2) is 0 Å². The summed E-state index contributed by atoms with van der Waals surface area (Å²) in [6, 6.07) is 2.11. The number of rotatable bonds is 5. The molecular weight excluding hydrogens is 188 g/mol. The molecule has 2 rings (SSSR count). The zero-order chi connectivity index (χ0) is 10.3. The van der Waals surface area contributed by atoms with Gasteiger partial charge in [-0.2, -0.15) is 0 Å². The van der Waals surface area contributed by atoms with Crippen LogP contribution in [0.2, 0.25) is 0 Å². The van der Waals surface area contributed by atoms with Crippen LogP contribution < -0.4 is 10.6 Å². The third-order valence-corrected chi connectivity index (χ3v) is 2.81. The van der Waals surface area contributed by atoms with Crippen LogP contribution in [0.15, 0.2) is 18.5 Å². The fraction of sp³-hybridized carbons (Fsp3) is 0.636. The molecule has 3 N–H and O–H groups in total. The van der Waals surface area contributed by atoms with E-state index in [4.69, 9.17) is 0 Å². The lowest BCUT2D eigenvalue weighted by Gasteiger charge is -2.27. The van der Waals surface area contributed by atoms with Crippen molar-refractivity contribution < 1.29 is 0 Å². The van der Waals surface area contributed by atoms with E-state index < -0.39 is 0 Å². The lowest BCUT2D eigenvalue weighted by molar-refractivity contribution is 0.241. The summed E-state index contributed by atoms with van der Waals surface area (Å²) in [6.07, 6.45) is 4.01. The highest BCUT2D eigenvalue weighted by atomic mass is 15.2. The Kier molecular flexibility index (Phi) is 4.20. The summed E-state index contributed by atoms with van der Waals surface area (Å²) in [6.45, 7) is 7.85. The van der Waals surface area contributed by atoms with E-state index in [2.05, 4.69) is 26.6 Å². The van der Waals surface area contributed by atoms with Crippen LogP contribution in [0.5, 0.6) is 0 Å². The van der Waals surface area contributed by atoms with Crippen molar-refractivity contribution in [1.29, 1.82) is 0 Å². The van der Waals surface area contributed by atoms with E-state index in [1.807, 2.05) is 12.4 Å². The zero-order valence-electron chi connectivity index (χ0n) is 9.13. The summed E-state index contributed by atoms with van der Waals surface area (Å²) in [5.74, 6) is 0. The van der Waals surface area contributed by atoms with Gasteiger partial charge in [-0.3, -0.25) is 4.90 Å². The van der Waals surface area contributed by atoms with E-state index >= 15 is 0 Å². The van der Waals surface area contributed by atoms with E-state index in [0.29, 0.717) is 0 Å². The molecule has 1 fully saturated rings. The fourth-order valence-electron chi connectivity index (χ4n) is 1.87. The first-order valence-electron chi connectivity index (χ1n) is 5.70. The number of nitrogens with zero attached hydrogens (tertiary/aromatic N) is 1.